The Kier molecular flexibility index (Phi) is 7.70. The van der Waals surface area contributed by atoms with Crippen LogP contribution in [0.15, 0.2) is 39.7 Å². The number of nitrogens with one attached hydrogen (secondary N) is 1. The molecule has 0 aliphatic carbocycles. The predicted octanol–water partition coefficient (Wildman–Crippen LogP) is 4.89. The summed E-state index contributed by atoms with van der Waals surface area (Å²) in [6, 6.07) is 7.83. The molecule has 0 spiro atoms. The third kappa shape index (κ3) is 5.37. The zero-order valence-electron chi connectivity index (χ0n) is 17.0. The number of methoxy groups -OCH3 is 1. The highest BCUT2D eigenvalue weighted by Crippen LogP contribution is 2.38. The number of hydrogen-bond donors (Lipinski definition) is 2. The molecule has 2 aromatic rings. The van der Waals surface area contributed by atoms with Crippen molar-refractivity contribution in [3.05, 3.63) is 50.3 Å². The van der Waals surface area contributed by atoms with Crippen LogP contribution >= 0.6 is 39.3 Å². The largest absolute Gasteiger partial charge is 0.503 e. The Morgan fingerprint density at radius 2 is 2.03 bits per heavy atom. The second kappa shape index (κ2) is 10.3. The lowest BCUT2D eigenvalue weighted by Gasteiger charge is -2.13. The number of aromatic hydroxyl groups is 1. The number of anilines is 1. The molecule has 2 N–H and O–H groups in total. The van der Waals surface area contributed by atoms with Crippen LogP contribution in [-0.2, 0) is 9.59 Å². The van der Waals surface area contributed by atoms with E-state index in [2.05, 4.69) is 21.2 Å². The number of hydrogen-bond acceptors (Lipinski definition) is 7. The van der Waals surface area contributed by atoms with Gasteiger partial charge in [-0.3, -0.25) is 19.3 Å². The summed E-state index contributed by atoms with van der Waals surface area (Å²) >= 11 is 10.0. The number of rotatable bonds is 7. The van der Waals surface area contributed by atoms with Crippen LogP contribution in [0.1, 0.15) is 12.5 Å². The van der Waals surface area contributed by atoms with Crippen LogP contribution in [0.3, 0.4) is 0 Å². The lowest BCUT2D eigenvalue weighted by Crippen LogP contribution is -2.36. The van der Waals surface area contributed by atoms with E-state index in [1.54, 1.807) is 31.2 Å². The van der Waals surface area contributed by atoms with E-state index < -0.39 is 23.6 Å². The first-order valence-electron chi connectivity index (χ1n) is 9.27. The van der Waals surface area contributed by atoms with Crippen LogP contribution in [0.5, 0.6) is 17.2 Å². The average Bonchev–Trinajstić information content (AvgIpc) is 2.99. The molecule has 3 rings (SSSR count). The highest BCUT2D eigenvalue weighted by molar-refractivity contribution is 9.10. The standard InChI is InChI=1S/C21H18BrClN2O6S/c1-3-31-16-7-11(6-13(22)19(16)27)8-17-20(28)25(21(29)32-17)10-18(26)24-12-4-5-15(30-2)14(23)9-12/h4-9,27H,3,10H2,1-2H3,(H,24,26)/b17-8+. The number of phenolic OH excluding ortho intramolecular Hbond substituents is 1. The number of phenols is 1. The fourth-order valence-electron chi connectivity index (χ4n) is 2.82. The molecule has 0 saturated carbocycles. The minimum atomic E-state index is -0.593. The fraction of sp³-hybridized carbons (Fsp3) is 0.190. The first-order valence-corrected chi connectivity index (χ1v) is 11.3. The number of nitrogens with zero attached hydrogens (tertiary/aromatic N) is 1. The summed E-state index contributed by atoms with van der Waals surface area (Å²) in [5, 5.41) is 12.4. The van der Waals surface area contributed by atoms with E-state index in [0.29, 0.717) is 33.1 Å². The van der Waals surface area contributed by atoms with Gasteiger partial charge in [0.1, 0.15) is 12.3 Å². The van der Waals surface area contributed by atoms with E-state index >= 15 is 0 Å². The first-order chi connectivity index (χ1) is 15.2. The van der Waals surface area contributed by atoms with Gasteiger partial charge in [0, 0.05) is 5.69 Å². The Morgan fingerprint density at radius 1 is 1.28 bits per heavy atom. The van der Waals surface area contributed by atoms with Crippen molar-refractivity contribution in [2.24, 2.45) is 0 Å². The van der Waals surface area contributed by atoms with E-state index in [9.17, 15) is 19.5 Å². The lowest BCUT2D eigenvalue weighted by atomic mass is 10.2. The van der Waals surface area contributed by atoms with Gasteiger partial charge in [0.15, 0.2) is 11.5 Å². The van der Waals surface area contributed by atoms with Gasteiger partial charge in [-0.25, -0.2) is 0 Å². The van der Waals surface area contributed by atoms with Crippen LogP contribution < -0.4 is 14.8 Å². The molecule has 2 aromatic carbocycles. The number of carbonyl (C=O) groups is 3. The molecule has 1 fully saturated rings. The van der Waals surface area contributed by atoms with Crippen molar-refractivity contribution in [3.8, 4) is 17.2 Å². The molecule has 0 bridgehead atoms. The SMILES string of the molecule is CCOc1cc(/C=C2/SC(=O)N(CC(=O)Nc3ccc(OC)c(Cl)c3)C2=O)cc(Br)c1O. The van der Waals surface area contributed by atoms with Gasteiger partial charge in [-0.2, -0.15) is 0 Å². The summed E-state index contributed by atoms with van der Waals surface area (Å²) in [5.41, 5.74) is 0.946. The Bertz CT molecular complexity index is 1120. The van der Waals surface area contributed by atoms with Gasteiger partial charge in [0.2, 0.25) is 5.91 Å². The molecule has 0 unspecified atom stereocenters. The average molecular weight is 542 g/mol. The maximum Gasteiger partial charge on any atom is 0.294 e. The zero-order valence-corrected chi connectivity index (χ0v) is 20.1. The Balaban J connectivity index is 1.73. The van der Waals surface area contributed by atoms with Crippen molar-refractivity contribution in [2.45, 2.75) is 6.92 Å². The molecule has 1 saturated heterocycles. The number of carbonyl (C=O) groups excluding carboxylic acids is 3. The highest BCUT2D eigenvalue weighted by Gasteiger charge is 2.36. The summed E-state index contributed by atoms with van der Waals surface area (Å²) in [7, 11) is 1.47. The van der Waals surface area contributed by atoms with Gasteiger partial charge < -0.3 is 19.9 Å². The predicted molar refractivity (Wildman–Crippen MR) is 126 cm³/mol. The fourth-order valence-corrected chi connectivity index (χ4v) is 4.37. The molecule has 1 heterocycles. The number of halogens is 2. The molecule has 3 amide bonds. The molecule has 0 aromatic heterocycles. The molecule has 8 nitrogen and oxygen atoms in total. The topological polar surface area (TPSA) is 105 Å². The van der Waals surface area contributed by atoms with E-state index in [4.69, 9.17) is 21.1 Å². The Morgan fingerprint density at radius 3 is 2.69 bits per heavy atom. The van der Waals surface area contributed by atoms with Crippen LogP contribution in [0.25, 0.3) is 6.08 Å². The molecule has 0 atom stereocenters. The van der Waals surface area contributed by atoms with Gasteiger partial charge >= 0.3 is 0 Å². The highest BCUT2D eigenvalue weighted by atomic mass is 79.9. The Hall–Kier alpha value is -2.69. The molecular weight excluding hydrogens is 524 g/mol. The molecular formula is C21H18BrClN2O6S. The van der Waals surface area contributed by atoms with Crippen LogP contribution in [0.4, 0.5) is 10.5 Å². The zero-order chi connectivity index (χ0) is 23.4. The normalized spacial score (nSPS) is 14.8. The smallest absolute Gasteiger partial charge is 0.294 e. The van der Waals surface area contributed by atoms with Crippen molar-refractivity contribution in [1.29, 1.82) is 0 Å². The molecule has 1 aliphatic heterocycles. The number of ether oxygens (including phenoxy) is 2. The Labute approximate surface area is 201 Å². The lowest BCUT2D eigenvalue weighted by molar-refractivity contribution is -0.127. The second-order valence-electron chi connectivity index (χ2n) is 6.45. The van der Waals surface area contributed by atoms with Crippen LogP contribution in [-0.4, -0.2) is 47.3 Å². The number of thioether (sulfide) groups is 1. The third-order valence-electron chi connectivity index (χ3n) is 4.26. The summed E-state index contributed by atoms with van der Waals surface area (Å²) < 4.78 is 10.8. The second-order valence-corrected chi connectivity index (χ2v) is 8.70. The third-order valence-corrected chi connectivity index (χ3v) is 6.07. The van der Waals surface area contributed by atoms with Gasteiger partial charge in [-0.15, -0.1) is 0 Å². The van der Waals surface area contributed by atoms with E-state index in [1.165, 1.54) is 19.3 Å². The van der Waals surface area contributed by atoms with Crippen molar-refractivity contribution in [1.82, 2.24) is 4.90 Å². The van der Waals surface area contributed by atoms with Crippen molar-refractivity contribution < 1.29 is 29.0 Å². The van der Waals surface area contributed by atoms with Gasteiger partial charge in [-0.1, -0.05) is 11.6 Å². The quantitative estimate of drug-likeness (QED) is 0.481. The van der Waals surface area contributed by atoms with E-state index in [-0.39, 0.29) is 16.4 Å². The monoisotopic (exact) mass is 540 g/mol. The number of amides is 3. The maximum absolute atomic E-state index is 12.7. The molecule has 11 heteroatoms. The number of imide groups is 1. The van der Waals surface area contributed by atoms with Crippen LogP contribution in [0.2, 0.25) is 5.02 Å². The molecule has 1 aliphatic rings. The van der Waals surface area contributed by atoms with Crippen molar-refractivity contribution in [3.63, 3.8) is 0 Å². The maximum atomic E-state index is 12.7. The molecule has 168 valence electrons. The summed E-state index contributed by atoms with van der Waals surface area (Å²) in [5.74, 6) is -0.516. The molecule has 0 radical (unpaired) electrons. The van der Waals surface area contributed by atoms with Gasteiger partial charge in [0.25, 0.3) is 11.1 Å². The minimum Gasteiger partial charge on any atom is -0.503 e. The van der Waals surface area contributed by atoms with Gasteiger partial charge in [0.05, 0.1) is 28.1 Å². The van der Waals surface area contributed by atoms with Crippen LogP contribution in [0, 0.1) is 0 Å². The summed E-state index contributed by atoms with van der Waals surface area (Å²) in [6.07, 6.45) is 1.50. The van der Waals surface area contributed by atoms with Crippen molar-refractivity contribution in [2.75, 3.05) is 25.6 Å². The minimum absolute atomic E-state index is 0.0626. The van der Waals surface area contributed by atoms with E-state index in [1.807, 2.05) is 0 Å². The molecule has 32 heavy (non-hydrogen) atoms. The van der Waals surface area contributed by atoms with Gasteiger partial charge in [-0.05, 0) is 76.6 Å². The van der Waals surface area contributed by atoms with Crippen molar-refractivity contribution >= 4 is 68.1 Å². The number of benzene rings is 2. The van der Waals surface area contributed by atoms with E-state index in [0.717, 1.165) is 16.7 Å². The summed E-state index contributed by atoms with van der Waals surface area (Å²) in [6.45, 7) is 1.67. The summed E-state index contributed by atoms with van der Waals surface area (Å²) in [4.78, 5) is 38.4. The first kappa shape index (κ1) is 24.0.